The Labute approximate surface area is 188 Å². The molecule has 0 bridgehead atoms. The third-order valence-corrected chi connectivity index (χ3v) is 6.31. The number of piperidine rings is 1. The minimum Gasteiger partial charge on any atom is -0.372 e. The average Bonchev–Trinajstić information content (AvgIpc) is 2.80. The maximum absolute atomic E-state index is 13.1. The molecule has 0 radical (unpaired) electrons. The molecular weight excluding hydrogens is 406 g/mol. The number of ether oxygens (including phenoxy) is 1. The van der Waals surface area contributed by atoms with Crippen molar-refractivity contribution in [3.8, 4) is 0 Å². The molecule has 3 heterocycles. The Morgan fingerprint density at radius 1 is 0.938 bits per heavy atom. The van der Waals surface area contributed by atoms with E-state index < -0.39 is 0 Å². The Balaban J connectivity index is 1.39. The van der Waals surface area contributed by atoms with E-state index >= 15 is 0 Å². The van der Waals surface area contributed by atoms with Gasteiger partial charge in [-0.05, 0) is 44.4 Å². The van der Waals surface area contributed by atoms with Crippen LogP contribution in [0.2, 0.25) is 0 Å². The molecule has 4 rings (SSSR count). The number of nitrogens with zero attached hydrogens (tertiary/aromatic N) is 3. The third kappa shape index (κ3) is 4.93. The Bertz CT molecular complexity index is 1000. The van der Waals surface area contributed by atoms with Crippen LogP contribution in [0.5, 0.6) is 0 Å². The molecule has 0 saturated carbocycles. The van der Waals surface area contributed by atoms with Crippen LogP contribution in [-0.2, 0) is 16.1 Å². The van der Waals surface area contributed by atoms with Crippen molar-refractivity contribution in [2.24, 2.45) is 5.92 Å². The summed E-state index contributed by atoms with van der Waals surface area (Å²) in [5, 5.41) is 0. The standard InChI is InChI=1S/C25H31N3O4/c1-18-15-28(16-19(2)32-18)23(29)21-10-13-26(14-11-21)24(30)22-9-6-12-27(25(22)31)17-20-7-4-3-5-8-20/h3-9,12,18-19,21H,10-11,13-17H2,1-2H3. The molecule has 1 aromatic heterocycles. The Morgan fingerprint density at radius 2 is 1.59 bits per heavy atom. The second-order valence-corrected chi connectivity index (χ2v) is 8.91. The Kier molecular flexibility index (Phi) is 6.74. The first-order valence-corrected chi connectivity index (χ1v) is 11.4. The highest BCUT2D eigenvalue weighted by Crippen LogP contribution is 2.23. The van der Waals surface area contributed by atoms with Gasteiger partial charge in [-0.15, -0.1) is 0 Å². The number of morpholine rings is 1. The van der Waals surface area contributed by atoms with Gasteiger partial charge in [-0.2, -0.15) is 0 Å². The number of aromatic nitrogens is 1. The van der Waals surface area contributed by atoms with Crippen molar-refractivity contribution in [1.29, 1.82) is 0 Å². The number of amides is 2. The van der Waals surface area contributed by atoms with E-state index in [1.807, 2.05) is 49.1 Å². The maximum Gasteiger partial charge on any atom is 0.263 e. The highest BCUT2D eigenvalue weighted by molar-refractivity contribution is 5.94. The lowest BCUT2D eigenvalue weighted by molar-refractivity contribution is -0.148. The highest BCUT2D eigenvalue weighted by atomic mass is 16.5. The molecule has 2 saturated heterocycles. The van der Waals surface area contributed by atoms with Crippen molar-refractivity contribution in [3.05, 3.63) is 70.1 Å². The molecule has 2 unspecified atom stereocenters. The van der Waals surface area contributed by atoms with Gasteiger partial charge in [-0.3, -0.25) is 14.4 Å². The molecule has 0 aliphatic carbocycles. The van der Waals surface area contributed by atoms with Gasteiger partial charge in [0, 0.05) is 38.3 Å². The number of hydrogen-bond donors (Lipinski definition) is 0. The second kappa shape index (κ2) is 9.69. The molecule has 2 atom stereocenters. The number of benzene rings is 1. The average molecular weight is 438 g/mol. The van der Waals surface area contributed by atoms with E-state index in [0.29, 0.717) is 45.6 Å². The van der Waals surface area contributed by atoms with E-state index in [9.17, 15) is 14.4 Å². The molecule has 2 aliphatic rings. The van der Waals surface area contributed by atoms with E-state index in [2.05, 4.69) is 0 Å². The van der Waals surface area contributed by atoms with Crippen molar-refractivity contribution >= 4 is 11.8 Å². The van der Waals surface area contributed by atoms with Gasteiger partial charge in [0.1, 0.15) is 5.56 Å². The minimum atomic E-state index is -0.282. The van der Waals surface area contributed by atoms with Crippen LogP contribution in [0.3, 0.4) is 0 Å². The molecule has 7 nitrogen and oxygen atoms in total. The van der Waals surface area contributed by atoms with Crippen LogP contribution in [0.15, 0.2) is 53.5 Å². The number of hydrogen-bond acceptors (Lipinski definition) is 4. The van der Waals surface area contributed by atoms with Crippen LogP contribution in [-0.4, -0.2) is 64.6 Å². The fraction of sp³-hybridized carbons (Fsp3) is 0.480. The molecule has 32 heavy (non-hydrogen) atoms. The maximum atomic E-state index is 13.1. The molecule has 0 N–H and O–H groups in total. The van der Waals surface area contributed by atoms with Crippen molar-refractivity contribution in [1.82, 2.24) is 14.4 Å². The molecule has 2 amide bonds. The number of carbonyl (C=O) groups excluding carboxylic acids is 2. The van der Waals surface area contributed by atoms with Crippen molar-refractivity contribution in [2.45, 2.75) is 45.4 Å². The first-order chi connectivity index (χ1) is 15.4. The lowest BCUT2D eigenvalue weighted by Crippen LogP contribution is -2.52. The summed E-state index contributed by atoms with van der Waals surface area (Å²) in [6, 6.07) is 13.0. The summed E-state index contributed by atoms with van der Waals surface area (Å²) >= 11 is 0. The summed E-state index contributed by atoms with van der Waals surface area (Å²) in [7, 11) is 0. The van der Waals surface area contributed by atoms with Gasteiger partial charge in [0.05, 0.1) is 18.8 Å². The lowest BCUT2D eigenvalue weighted by Gasteiger charge is -2.39. The van der Waals surface area contributed by atoms with E-state index in [4.69, 9.17) is 4.74 Å². The largest absolute Gasteiger partial charge is 0.372 e. The molecule has 2 fully saturated rings. The summed E-state index contributed by atoms with van der Waals surface area (Å²) in [4.78, 5) is 42.6. The van der Waals surface area contributed by atoms with Gasteiger partial charge in [0.15, 0.2) is 0 Å². The van der Waals surface area contributed by atoms with E-state index in [-0.39, 0.29) is 41.1 Å². The van der Waals surface area contributed by atoms with Crippen LogP contribution < -0.4 is 5.56 Å². The molecule has 170 valence electrons. The zero-order chi connectivity index (χ0) is 22.7. The quantitative estimate of drug-likeness (QED) is 0.736. The first-order valence-electron chi connectivity index (χ1n) is 11.4. The zero-order valence-corrected chi connectivity index (χ0v) is 18.8. The SMILES string of the molecule is CC1CN(C(=O)C2CCN(C(=O)c3cccn(Cc4ccccc4)c3=O)CC2)CC(C)O1. The predicted octanol–water partition coefficient (Wildman–Crippen LogP) is 2.38. The van der Waals surface area contributed by atoms with Crippen LogP contribution in [0.25, 0.3) is 0 Å². The van der Waals surface area contributed by atoms with E-state index in [1.165, 1.54) is 0 Å². The van der Waals surface area contributed by atoms with E-state index in [0.717, 1.165) is 5.56 Å². The summed E-state index contributed by atoms with van der Waals surface area (Å²) in [5.74, 6) is -0.178. The fourth-order valence-electron chi connectivity index (χ4n) is 4.72. The normalized spacial score (nSPS) is 22.1. The van der Waals surface area contributed by atoms with Gasteiger partial charge in [0.25, 0.3) is 11.5 Å². The summed E-state index contributed by atoms with van der Waals surface area (Å²) in [6.07, 6.45) is 3.04. The molecular formula is C25H31N3O4. The smallest absolute Gasteiger partial charge is 0.263 e. The summed E-state index contributed by atoms with van der Waals surface area (Å²) in [6.45, 7) is 6.60. The molecule has 7 heteroatoms. The lowest BCUT2D eigenvalue weighted by atomic mass is 9.94. The summed E-state index contributed by atoms with van der Waals surface area (Å²) in [5.41, 5.74) is 0.908. The number of rotatable bonds is 4. The third-order valence-electron chi connectivity index (χ3n) is 6.31. The van der Waals surface area contributed by atoms with Gasteiger partial charge < -0.3 is 19.1 Å². The Hall–Kier alpha value is -2.93. The van der Waals surface area contributed by atoms with Crippen LogP contribution in [0.4, 0.5) is 0 Å². The monoisotopic (exact) mass is 437 g/mol. The molecule has 0 spiro atoms. The molecule has 2 aromatic rings. The van der Waals surface area contributed by atoms with Gasteiger partial charge in [-0.25, -0.2) is 0 Å². The number of pyridine rings is 1. The van der Waals surface area contributed by atoms with Crippen molar-refractivity contribution in [3.63, 3.8) is 0 Å². The van der Waals surface area contributed by atoms with Crippen LogP contribution in [0, 0.1) is 5.92 Å². The second-order valence-electron chi connectivity index (χ2n) is 8.91. The van der Waals surface area contributed by atoms with Gasteiger partial charge in [-0.1, -0.05) is 30.3 Å². The van der Waals surface area contributed by atoms with Crippen molar-refractivity contribution in [2.75, 3.05) is 26.2 Å². The van der Waals surface area contributed by atoms with Gasteiger partial charge >= 0.3 is 0 Å². The first kappa shape index (κ1) is 22.3. The fourth-order valence-corrected chi connectivity index (χ4v) is 4.72. The number of carbonyl (C=O) groups is 2. The Morgan fingerprint density at radius 3 is 2.25 bits per heavy atom. The number of likely N-dealkylation sites (tertiary alicyclic amines) is 1. The van der Waals surface area contributed by atoms with Gasteiger partial charge in [0.2, 0.25) is 5.91 Å². The molecule has 2 aliphatic heterocycles. The topological polar surface area (TPSA) is 71.9 Å². The van der Waals surface area contributed by atoms with Crippen LogP contribution in [0.1, 0.15) is 42.6 Å². The van der Waals surface area contributed by atoms with Crippen molar-refractivity contribution < 1.29 is 14.3 Å². The van der Waals surface area contributed by atoms with E-state index in [1.54, 1.807) is 27.8 Å². The molecule has 1 aromatic carbocycles. The predicted molar refractivity (Wildman–Crippen MR) is 121 cm³/mol. The minimum absolute atomic E-state index is 0.0421. The van der Waals surface area contributed by atoms with Crippen LogP contribution >= 0.6 is 0 Å². The highest BCUT2D eigenvalue weighted by Gasteiger charge is 2.34. The zero-order valence-electron chi connectivity index (χ0n) is 18.8. The summed E-state index contributed by atoms with van der Waals surface area (Å²) < 4.78 is 7.30.